The number of hydrogen-bond acceptors (Lipinski definition) is 9. The van der Waals surface area contributed by atoms with Gasteiger partial charge in [0.05, 0.1) is 14.4 Å². The number of rotatable bonds is 14. The molecule has 0 rings (SSSR count). The minimum atomic E-state index is -5.31. The summed E-state index contributed by atoms with van der Waals surface area (Å²) in [5.74, 6) is 23.4. The first-order valence-electron chi connectivity index (χ1n) is 10.8. The summed E-state index contributed by atoms with van der Waals surface area (Å²) >= 11 is 0. The summed E-state index contributed by atoms with van der Waals surface area (Å²) in [4.78, 5) is 45.1. The second kappa shape index (κ2) is 29.9. The van der Waals surface area contributed by atoms with Gasteiger partial charge in [0.2, 0.25) is 0 Å². The first-order chi connectivity index (χ1) is 16.8. The number of phosphoric ester groups is 1. The van der Waals surface area contributed by atoms with Crippen molar-refractivity contribution in [3.05, 3.63) is 0 Å². The van der Waals surface area contributed by atoms with Crippen molar-refractivity contribution in [3.63, 3.8) is 0 Å². The average molecular weight is 582 g/mol. The van der Waals surface area contributed by atoms with E-state index in [-0.39, 0.29) is 87.4 Å². The van der Waals surface area contributed by atoms with E-state index in [0.717, 1.165) is 32.1 Å². The quantitative estimate of drug-likeness (QED) is 0.0608. The molecular weight excluding hydrogens is 531 g/mol. The predicted molar refractivity (Wildman–Crippen MR) is 153 cm³/mol. The van der Waals surface area contributed by atoms with Gasteiger partial charge in [0, 0.05) is 28.0 Å². The van der Waals surface area contributed by atoms with Crippen molar-refractivity contribution >= 4 is 19.8 Å². The molecule has 0 aromatic carbocycles. The molecule has 12 heteroatoms. The maximum Gasteiger partial charge on any atom is 1.00 e. The summed E-state index contributed by atoms with van der Waals surface area (Å²) in [5, 5.41) is 0. The standard InChI is InChI=1S/C26H27O8P.H3N.2Na.11H2/c1-3-5-7-9-11-12-13-15-16-18-20-25(27)32-22-24(23-33-35(29,30)31)34-26(28)21-19-17-14-10-8-6-4-2;;;;;;;;;;;;;;/h1,24H,4,6,8,10,14,17,19,21-23H2,2H3,(H2,29,30,31);1H3;;;11*1H/q;;2*+1;;;;;;;;;;;/p-2/t24-;;;;;;;;;;;;;;/m0............../s1. The van der Waals surface area contributed by atoms with Crippen LogP contribution in [0.15, 0.2) is 0 Å². The van der Waals surface area contributed by atoms with E-state index in [2.05, 4.69) is 76.6 Å². The Balaban J connectivity index is -0.0000000635. The van der Waals surface area contributed by atoms with Crippen molar-refractivity contribution < 1.29 is 113 Å². The number of hydrogen-bond donors (Lipinski definition) is 1. The molecule has 0 bridgehead atoms. The van der Waals surface area contributed by atoms with Crippen LogP contribution in [0.25, 0.3) is 0 Å². The van der Waals surface area contributed by atoms with Gasteiger partial charge >= 0.3 is 71.1 Å². The van der Waals surface area contributed by atoms with E-state index in [0.29, 0.717) is 6.42 Å². The SMILES string of the molecule is C#CC#CC#CC#CC#CC#CC(=O)OC[C@@H](COP(=O)([O-])[O-])OC(=O)CCCCCCCCC.N.[HH].[HH].[HH].[HH].[HH].[HH].[HH].[HH].[HH].[HH].[HH].[Na+].[Na+]. The van der Waals surface area contributed by atoms with Crippen LogP contribution in [0.1, 0.15) is 74.0 Å². The number of ether oxygens (including phenoxy) is 2. The molecule has 0 saturated carbocycles. The average Bonchev–Trinajstić information content (AvgIpc) is 2.81. The molecule has 0 heterocycles. The van der Waals surface area contributed by atoms with Crippen LogP contribution < -0.4 is 75.1 Å². The van der Waals surface area contributed by atoms with Gasteiger partial charge in [0.15, 0.2) is 6.10 Å². The molecule has 0 aromatic heterocycles. The number of carbonyl (C=O) groups excluding carboxylic acids is 2. The minimum Gasteiger partial charge on any atom is -0.790 e. The maximum absolute atomic E-state index is 12.0. The number of esters is 2. The second-order valence-electron chi connectivity index (χ2n) is 6.72. The molecule has 0 spiro atoms. The van der Waals surface area contributed by atoms with E-state index in [4.69, 9.17) is 15.9 Å². The van der Waals surface area contributed by atoms with Gasteiger partial charge in [-0.2, -0.15) is 0 Å². The molecule has 1 atom stereocenters. The summed E-state index contributed by atoms with van der Waals surface area (Å²) in [6, 6.07) is 0. The molecule has 0 aliphatic carbocycles. The molecule has 0 amide bonds. The molecule has 214 valence electrons. The summed E-state index contributed by atoms with van der Waals surface area (Å²) in [6.45, 7) is 0.788. The Morgan fingerprint density at radius 2 is 1.34 bits per heavy atom. The monoisotopic (exact) mass is 581 g/mol. The summed E-state index contributed by atoms with van der Waals surface area (Å²) in [6.07, 6.45) is 10.7. The summed E-state index contributed by atoms with van der Waals surface area (Å²) in [7, 11) is -5.31. The van der Waals surface area contributed by atoms with Crippen molar-refractivity contribution in [1.82, 2.24) is 6.15 Å². The molecule has 0 radical (unpaired) electrons. The zero-order chi connectivity index (χ0) is 26.2. The van der Waals surface area contributed by atoms with E-state index >= 15 is 0 Å². The molecule has 0 unspecified atom stereocenters. The third-order valence-electron chi connectivity index (χ3n) is 3.84. The Hall–Kier alpha value is -1.63. The van der Waals surface area contributed by atoms with Crippen LogP contribution >= 0.6 is 7.82 Å². The zero-order valence-corrected chi connectivity index (χ0v) is 27.0. The molecule has 9 nitrogen and oxygen atoms in total. The van der Waals surface area contributed by atoms with Gasteiger partial charge in [-0.3, -0.25) is 4.79 Å². The van der Waals surface area contributed by atoms with Gasteiger partial charge in [-0.15, -0.1) is 6.42 Å². The van der Waals surface area contributed by atoms with Crippen LogP contribution in [0.3, 0.4) is 0 Å². The van der Waals surface area contributed by atoms with Crippen LogP contribution in [0.2, 0.25) is 0 Å². The summed E-state index contributed by atoms with van der Waals surface area (Å²) in [5.41, 5.74) is 0. The van der Waals surface area contributed by atoms with Crippen LogP contribution in [0.4, 0.5) is 0 Å². The third kappa shape index (κ3) is 32.4. The first-order valence-corrected chi connectivity index (χ1v) is 12.2. The number of unbranched alkanes of at least 4 members (excludes halogenated alkanes) is 6. The third-order valence-corrected chi connectivity index (χ3v) is 4.30. The Bertz CT molecular complexity index is 1140. The normalized spacial score (nSPS) is 9.11. The van der Waals surface area contributed by atoms with E-state index in [1.165, 1.54) is 6.42 Å². The van der Waals surface area contributed by atoms with Gasteiger partial charge in [-0.1, -0.05) is 45.4 Å². The minimum absolute atomic E-state index is 0. The fourth-order valence-corrected chi connectivity index (χ4v) is 2.65. The van der Waals surface area contributed by atoms with Gasteiger partial charge < -0.3 is 34.5 Å². The fourth-order valence-electron chi connectivity index (χ4n) is 2.30. The van der Waals surface area contributed by atoms with E-state index in [1.807, 2.05) is 0 Å². The fraction of sp³-hybridized carbons (Fsp3) is 0.462. The molecule has 0 aromatic rings. The maximum atomic E-state index is 12.0. The second-order valence-corrected chi connectivity index (χ2v) is 7.87. The molecule has 3 N–H and O–H groups in total. The molecule has 0 aliphatic rings. The summed E-state index contributed by atoms with van der Waals surface area (Å²) < 4.78 is 24.8. The van der Waals surface area contributed by atoms with Gasteiger partial charge in [-0.25, -0.2) is 4.79 Å². The Kier molecular flexibility index (Phi) is 34.2. The Labute approximate surface area is 286 Å². The van der Waals surface area contributed by atoms with Crippen molar-refractivity contribution in [2.24, 2.45) is 0 Å². The first kappa shape index (κ1) is 43.4. The largest absolute Gasteiger partial charge is 1.00 e. The van der Waals surface area contributed by atoms with Crippen molar-refractivity contribution in [2.75, 3.05) is 13.2 Å². The van der Waals surface area contributed by atoms with Crippen LogP contribution in [0.5, 0.6) is 0 Å². The Morgan fingerprint density at radius 3 is 1.87 bits per heavy atom. The van der Waals surface area contributed by atoms with Crippen LogP contribution in [0, 0.1) is 71.5 Å². The number of terminal acetylenes is 1. The van der Waals surface area contributed by atoms with E-state index < -0.39 is 39.1 Å². The molecular formula is C26H50NNa2O8P. The Morgan fingerprint density at radius 1 is 0.842 bits per heavy atom. The van der Waals surface area contributed by atoms with Crippen molar-refractivity contribution in [1.29, 1.82) is 0 Å². The van der Waals surface area contributed by atoms with Gasteiger partial charge in [0.25, 0.3) is 0 Å². The van der Waals surface area contributed by atoms with Crippen LogP contribution in [-0.4, -0.2) is 31.3 Å². The van der Waals surface area contributed by atoms with E-state index in [1.54, 1.807) is 0 Å². The van der Waals surface area contributed by atoms with Crippen molar-refractivity contribution in [3.8, 4) is 71.5 Å². The topological polar surface area (TPSA) is 160 Å². The van der Waals surface area contributed by atoms with Crippen molar-refractivity contribution in [2.45, 2.75) is 64.4 Å². The van der Waals surface area contributed by atoms with Crippen LogP contribution in [-0.2, 0) is 28.2 Å². The smallest absolute Gasteiger partial charge is 0.790 e. The molecule has 0 fully saturated rings. The molecule has 0 saturated heterocycles. The number of phosphoric acid groups is 1. The zero-order valence-electron chi connectivity index (χ0n) is 22.1. The number of carbonyl (C=O) groups is 2. The predicted octanol–water partition coefficient (Wildman–Crippen LogP) is -2.05. The van der Waals surface area contributed by atoms with Gasteiger partial charge in [0.1, 0.15) is 6.61 Å². The molecule has 0 aliphatic heterocycles. The molecule has 38 heavy (non-hydrogen) atoms. The van der Waals surface area contributed by atoms with Gasteiger partial charge in [-0.05, 0) is 65.6 Å². The van der Waals surface area contributed by atoms with E-state index in [9.17, 15) is 23.9 Å².